The standard InChI is InChI=1S/C22H25F3N6O/c1-28-20(16-6-4-2-3-5-14(16)12-26)21-17(22(23,24)25)7-8-19(30-21)31-10-9-29-15(13-31)11-18(27)32/h2,4-8,12,15,26,29H,3,9-11,13H2,1H3,(H2,27,32). The number of rotatable bonds is 6. The molecule has 0 aromatic carbocycles. The lowest BCUT2D eigenvalue weighted by Crippen LogP contribution is -2.52. The summed E-state index contributed by atoms with van der Waals surface area (Å²) >= 11 is 0. The van der Waals surface area contributed by atoms with Gasteiger partial charge >= 0.3 is 6.18 Å². The van der Waals surface area contributed by atoms with Crippen LogP contribution >= 0.6 is 0 Å². The van der Waals surface area contributed by atoms with Crippen LogP contribution in [0.2, 0.25) is 0 Å². The summed E-state index contributed by atoms with van der Waals surface area (Å²) in [5, 5.41) is 10.9. The highest BCUT2D eigenvalue weighted by Gasteiger charge is 2.37. The molecule has 1 aromatic rings. The van der Waals surface area contributed by atoms with Gasteiger partial charge in [0.05, 0.1) is 11.3 Å². The summed E-state index contributed by atoms with van der Waals surface area (Å²) in [4.78, 5) is 21.6. The van der Waals surface area contributed by atoms with Crippen molar-refractivity contribution in [1.29, 1.82) is 5.41 Å². The number of carbonyl (C=O) groups excluding carboxylic acids is 1. The number of alkyl halides is 3. The van der Waals surface area contributed by atoms with E-state index in [0.29, 0.717) is 43.0 Å². The molecule has 10 heteroatoms. The molecule has 2 aliphatic rings. The number of nitrogens with two attached hydrogens (primary N) is 1. The molecule has 0 saturated carbocycles. The second-order valence-corrected chi connectivity index (χ2v) is 7.45. The van der Waals surface area contributed by atoms with Crippen LogP contribution in [-0.2, 0) is 11.0 Å². The molecule has 7 nitrogen and oxygen atoms in total. The molecule has 0 spiro atoms. The average molecular weight is 446 g/mol. The Morgan fingerprint density at radius 1 is 1.44 bits per heavy atom. The third-order valence-electron chi connectivity index (χ3n) is 5.26. The number of hydrogen-bond acceptors (Lipinski definition) is 6. The third kappa shape index (κ3) is 5.31. The monoisotopic (exact) mass is 446 g/mol. The van der Waals surface area contributed by atoms with Crippen molar-refractivity contribution in [3.05, 3.63) is 58.8 Å². The van der Waals surface area contributed by atoms with Crippen molar-refractivity contribution in [2.45, 2.75) is 25.1 Å². The Hall–Kier alpha value is -3.27. The van der Waals surface area contributed by atoms with Gasteiger partial charge in [-0.25, -0.2) is 4.98 Å². The highest BCUT2D eigenvalue weighted by atomic mass is 19.4. The van der Waals surface area contributed by atoms with Gasteiger partial charge in [-0.2, -0.15) is 13.2 Å². The SMILES string of the molecule is CN=C(C1=CC=CCC=C1C=N)c1nc(N2CCNC(CC(N)=O)C2)ccc1C(F)(F)F. The van der Waals surface area contributed by atoms with Crippen LogP contribution in [0.5, 0.6) is 0 Å². The Balaban J connectivity index is 2.07. The Kier molecular flexibility index (Phi) is 7.24. The van der Waals surface area contributed by atoms with Gasteiger partial charge in [0.15, 0.2) is 0 Å². The summed E-state index contributed by atoms with van der Waals surface area (Å²) in [5.41, 5.74) is 5.03. The predicted molar refractivity (Wildman–Crippen MR) is 118 cm³/mol. The molecule has 1 unspecified atom stereocenters. The quantitative estimate of drug-likeness (QED) is 0.584. The maximum absolute atomic E-state index is 13.9. The normalized spacial score (nSPS) is 19.8. The number of nitrogens with zero attached hydrogens (tertiary/aromatic N) is 3. The summed E-state index contributed by atoms with van der Waals surface area (Å²) in [7, 11) is 1.41. The first-order chi connectivity index (χ1) is 15.2. The van der Waals surface area contributed by atoms with Gasteiger partial charge in [0.1, 0.15) is 11.5 Å². The minimum atomic E-state index is -4.63. The van der Waals surface area contributed by atoms with Crippen molar-refractivity contribution < 1.29 is 18.0 Å². The lowest BCUT2D eigenvalue weighted by atomic mass is 9.96. The molecule has 4 N–H and O–H groups in total. The van der Waals surface area contributed by atoms with Crippen molar-refractivity contribution in [2.75, 3.05) is 31.6 Å². The van der Waals surface area contributed by atoms with E-state index in [9.17, 15) is 18.0 Å². The molecule has 32 heavy (non-hydrogen) atoms. The second kappa shape index (κ2) is 9.90. The first-order valence-electron chi connectivity index (χ1n) is 10.1. The van der Waals surface area contributed by atoms with E-state index in [0.717, 1.165) is 12.3 Å². The fourth-order valence-electron chi connectivity index (χ4n) is 3.80. The van der Waals surface area contributed by atoms with E-state index in [1.807, 2.05) is 11.0 Å². The Morgan fingerprint density at radius 3 is 2.88 bits per heavy atom. The zero-order valence-electron chi connectivity index (χ0n) is 17.6. The van der Waals surface area contributed by atoms with Crippen molar-refractivity contribution in [3.8, 4) is 0 Å². The van der Waals surface area contributed by atoms with Gasteiger partial charge in [0.2, 0.25) is 5.91 Å². The number of aromatic nitrogens is 1. The number of allylic oxidation sites excluding steroid dienone is 6. The minimum Gasteiger partial charge on any atom is -0.370 e. The van der Waals surface area contributed by atoms with Crippen LogP contribution in [0.25, 0.3) is 0 Å². The van der Waals surface area contributed by atoms with E-state index in [-0.39, 0.29) is 23.9 Å². The van der Waals surface area contributed by atoms with Gasteiger partial charge in [-0.1, -0.05) is 24.3 Å². The van der Waals surface area contributed by atoms with E-state index in [4.69, 9.17) is 11.1 Å². The van der Waals surface area contributed by atoms with E-state index in [1.54, 1.807) is 18.2 Å². The van der Waals surface area contributed by atoms with Gasteiger partial charge in [0.25, 0.3) is 0 Å². The van der Waals surface area contributed by atoms with Crippen molar-refractivity contribution in [1.82, 2.24) is 10.3 Å². The van der Waals surface area contributed by atoms with Crippen LogP contribution in [0.1, 0.15) is 24.1 Å². The summed E-state index contributed by atoms with van der Waals surface area (Å²) in [6, 6.07) is 2.13. The zero-order chi connectivity index (χ0) is 23.3. The molecule has 1 aromatic heterocycles. The number of aliphatic imine (C=N–C) groups is 1. The number of anilines is 1. The summed E-state index contributed by atoms with van der Waals surface area (Å²) < 4.78 is 41.7. The Labute approximate surface area is 184 Å². The number of amides is 1. The van der Waals surface area contributed by atoms with Gasteiger partial charge in [-0.3, -0.25) is 9.79 Å². The van der Waals surface area contributed by atoms with Crippen LogP contribution in [-0.4, -0.2) is 55.5 Å². The minimum absolute atomic E-state index is 0.0595. The summed E-state index contributed by atoms with van der Waals surface area (Å²) in [6.45, 7) is 1.44. The molecule has 1 atom stereocenters. The zero-order valence-corrected chi connectivity index (χ0v) is 17.6. The van der Waals surface area contributed by atoms with Gasteiger partial charge in [-0.15, -0.1) is 0 Å². The Bertz CT molecular complexity index is 1010. The summed E-state index contributed by atoms with van der Waals surface area (Å²) in [6.07, 6.45) is 4.13. The molecule has 1 fully saturated rings. The first-order valence-corrected chi connectivity index (χ1v) is 10.1. The van der Waals surface area contributed by atoms with Gasteiger partial charge < -0.3 is 21.4 Å². The van der Waals surface area contributed by atoms with Gasteiger partial charge in [0, 0.05) is 50.9 Å². The van der Waals surface area contributed by atoms with E-state index < -0.39 is 17.6 Å². The number of piperazine rings is 1. The number of primary amides is 1. The van der Waals surface area contributed by atoms with E-state index >= 15 is 0 Å². The number of hydrogen-bond donors (Lipinski definition) is 3. The Morgan fingerprint density at radius 2 is 2.22 bits per heavy atom. The first kappa shape index (κ1) is 23.4. The topological polar surface area (TPSA) is 107 Å². The molecule has 2 heterocycles. The van der Waals surface area contributed by atoms with Crippen molar-refractivity contribution in [2.24, 2.45) is 10.7 Å². The van der Waals surface area contributed by atoms with Crippen LogP contribution < -0.4 is 16.0 Å². The number of halogens is 3. The fourth-order valence-corrected chi connectivity index (χ4v) is 3.80. The molecule has 1 amide bonds. The van der Waals surface area contributed by atoms with Crippen LogP contribution in [0.15, 0.2) is 52.6 Å². The van der Waals surface area contributed by atoms with E-state index in [1.165, 1.54) is 13.1 Å². The molecule has 1 aliphatic heterocycles. The number of carbonyl (C=O) groups is 1. The van der Waals surface area contributed by atoms with Gasteiger partial charge in [-0.05, 0) is 24.1 Å². The molecule has 1 saturated heterocycles. The van der Waals surface area contributed by atoms with Crippen LogP contribution in [0.4, 0.5) is 19.0 Å². The molecule has 3 rings (SSSR count). The molecule has 1 aliphatic carbocycles. The fraction of sp³-hybridized carbons (Fsp3) is 0.364. The average Bonchev–Trinajstić information content (AvgIpc) is 2.99. The van der Waals surface area contributed by atoms with Crippen LogP contribution in [0.3, 0.4) is 0 Å². The predicted octanol–water partition coefficient (Wildman–Crippen LogP) is 2.64. The van der Waals surface area contributed by atoms with Crippen molar-refractivity contribution in [3.63, 3.8) is 0 Å². The van der Waals surface area contributed by atoms with Crippen molar-refractivity contribution >= 4 is 23.7 Å². The largest absolute Gasteiger partial charge is 0.418 e. The number of nitrogens with one attached hydrogen (secondary N) is 2. The number of pyridine rings is 1. The third-order valence-corrected chi connectivity index (χ3v) is 5.26. The molecule has 0 bridgehead atoms. The maximum Gasteiger partial charge on any atom is 0.418 e. The highest BCUT2D eigenvalue weighted by Crippen LogP contribution is 2.35. The lowest BCUT2D eigenvalue weighted by molar-refractivity contribution is -0.138. The van der Waals surface area contributed by atoms with E-state index in [2.05, 4.69) is 15.3 Å². The lowest BCUT2D eigenvalue weighted by Gasteiger charge is -2.34. The molecule has 0 radical (unpaired) electrons. The smallest absolute Gasteiger partial charge is 0.370 e. The maximum atomic E-state index is 13.9. The molecule has 170 valence electrons. The van der Waals surface area contributed by atoms with Crippen LogP contribution in [0, 0.1) is 5.41 Å². The molecular weight excluding hydrogens is 421 g/mol. The summed E-state index contributed by atoms with van der Waals surface area (Å²) in [5.74, 6) is -0.0968. The molecular formula is C22H25F3N6O. The second-order valence-electron chi connectivity index (χ2n) is 7.45. The highest BCUT2D eigenvalue weighted by molar-refractivity contribution is 6.18.